The van der Waals surface area contributed by atoms with Crippen molar-refractivity contribution in [3.63, 3.8) is 0 Å². The van der Waals surface area contributed by atoms with E-state index in [0.29, 0.717) is 18.8 Å². The molecule has 2 heterocycles. The summed E-state index contributed by atoms with van der Waals surface area (Å²) in [4.78, 5) is 17.3. The number of carbonyl (C=O) groups excluding carboxylic acids is 1. The molecule has 1 fully saturated rings. The van der Waals surface area contributed by atoms with Gasteiger partial charge in [-0.2, -0.15) is 5.10 Å². The minimum atomic E-state index is 0.0437. The van der Waals surface area contributed by atoms with Crippen LogP contribution in [0.4, 0.5) is 5.69 Å². The predicted octanol–water partition coefficient (Wildman–Crippen LogP) is 3.14. The van der Waals surface area contributed by atoms with E-state index < -0.39 is 0 Å². The number of aromatic nitrogens is 2. The summed E-state index contributed by atoms with van der Waals surface area (Å²) < 4.78 is 1.75. The minimum Gasteiger partial charge on any atom is -0.368 e. The van der Waals surface area contributed by atoms with E-state index in [-0.39, 0.29) is 5.91 Å². The number of hydrogen-bond donors (Lipinski definition) is 0. The number of rotatable bonds is 3. The molecule has 0 atom stereocenters. The van der Waals surface area contributed by atoms with E-state index in [1.54, 1.807) is 4.68 Å². The molecule has 0 saturated carbocycles. The molecule has 0 radical (unpaired) electrons. The van der Waals surface area contributed by atoms with Crippen LogP contribution in [0.1, 0.15) is 16.2 Å². The molecule has 1 aliphatic heterocycles. The molecular formula is C21H22N4O. The number of piperazine rings is 1. The van der Waals surface area contributed by atoms with E-state index in [0.717, 1.165) is 24.5 Å². The minimum absolute atomic E-state index is 0.0437. The Bertz CT molecular complexity index is 881. The van der Waals surface area contributed by atoms with Gasteiger partial charge in [0.05, 0.1) is 11.4 Å². The summed E-state index contributed by atoms with van der Waals surface area (Å²) in [5.41, 5.74) is 3.60. The molecule has 0 unspecified atom stereocenters. The quantitative estimate of drug-likeness (QED) is 0.732. The zero-order valence-electron chi connectivity index (χ0n) is 14.9. The average molecular weight is 346 g/mol. The van der Waals surface area contributed by atoms with Crippen molar-refractivity contribution in [1.29, 1.82) is 0 Å². The molecule has 0 aliphatic carbocycles. The highest BCUT2D eigenvalue weighted by Gasteiger charge is 2.25. The Morgan fingerprint density at radius 3 is 2.04 bits per heavy atom. The lowest BCUT2D eigenvalue weighted by atomic mass is 10.2. The molecule has 5 nitrogen and oxygen atoms in total. The number of hydrogen-bond acceptors (Lipinski definition) is 3. The molecule has 2 aromatic carbocycles. The maximum atomic E-state index is 13.1. The van der Waals surface area contributed by atoms with Crippen molar-refractivity contribution < 1.29 is 4.79 Å². The molecule has 0 bridgehead atoms. The molecule has 1 amide bonds. The first-order valence-corrected chi connectivity index (χ1v) is 8.94. The Morgan fingerprint density at radius 1 is 0.846 bits per heavy atom. The van der Waals surface area contributed by atoms with Crippen LogP contribution >= 0.6 is 0 Å². The summed E-state index contributed by atoms with van der Waals surface area (Å²) in [7, 11) is 0. The Kier molecular flexibility index (Phi) is 4.44. The highest BCUT2D eigenvalue weighted by Crippen LogP contribution is 2.18. The molecule has 3 aromatic rings. The number of anilines is 1. The van der Waals surface area contributed by atoms with Crippen molar-refractivity contribution >= 4 is 11.6 Å². The third-order valence-corrected chi connectivity index (χ3v) is 4.74. The smallest absolute Gasteiger partial charge is 0.272 e. The lowest BCUT2D eigenvalue weighted by molar-refractivity contribution is 0.0737. The van der Waals surface area contributed by atoms with E-state index in [1.807, 2.05) is 66.4 Å². The van der Waals surface area contributed by atoms with Crippen LogP contribution in [0.3, 0.4) is 0 Å². The van der Waals surface area contributed by atoms with Gasteiger partial charge in [-0.1, -0.05) is 36.4 Å². The summed E-state index contributed by atoms with van der Waals surface area (Å²) in [6.07, 6.45) is 0. The van der Waals surface area contributed by atoms with Gasteiger partial charge in [-0.25, -0.2) is 4.68 Å². The van der Waals surface area contributed by atoms with E-state index in [9.17, 15) is 4.79 Å². The average Bonchev–Trinajstić information content (AvgIpc) is 3.11. The van der Waals surface area contributed by atoms with Crippen LogP contribution in [0.25, 0.3) is 5.69 Å². The number of nitrogens with zero attached hydrogens (tertiary/aromatic N) is 4. The zero-order valence-corrected chi connectivity index (χ0v) is 14.9. The highest BCUT2D eigenvalue weighted by atomic mass is 16.2. The number of aryl methyl sites for hydroxylation is 1. The second-order valence-electron chi connectivity index (χ2n) is 6.53. The van der Waals surface area contributed by atoms with Gasteiger partial charge in [0, 0.05) is 31.9 Å². The van der Waals surface area contributed by atoms with E-state index in [2.05, 4.69) is 22.1 Å². The van der Waals surface area contributed by atoms with Crippen molar-refractivity contribution in [3.05, 3.63) is 78.1 Å². The Hall–Kier alpha value is -3.08. The maximum absolute atomic E-state index is 13.1. The first-order valence-electron chi connectivity index (χ1n) is 8.94. The predicted molar refractivity (Wildman–Crippen MR) is 103 cm³/mol. The normalized spacial score (nSPS) is 14.5. The Morgan fingerprint density at radius 2 is 1.42 bits per heavy atom. The van der Waals surface area contributed by atoms with Gasteiger partial charge in [0.2, 0.25) is 0 Å². The van der Waals surface area contributed by atoms with Crippen LogP contribution in [0.2, 0.25) is 0 Å². The fraction of sp³-hybridized carbons (Fsp3) is 0.238. The third kappa shape index (κ3) is 3.20. The lowest BCUT2D eigenvalue weighted by Gasteiger charge is -2.36. The summed E-state index contributed by atoms with van der Waals surface area (Å²) in [6.45, 7) is 5.03. The van der Waals surface area contributed by atoms with Gasteiger partial charge in [-0.05, 0) is 37.3 Å². The zero-order chi connectivity index (χ0) is 17.9. The first kappa shape index (κ1) is 16.4. The molecule has 26 heavy (non-hydrogen) atoms. The van der Waals surface area contributed by atoms with Crippen LogP contribution in [0, 0.1) is 6.92 Å². The summed E-state index contributed by atoms with van der Waals surface area (Å²) >= 11 is 0. The van der Waals surface area contributed by atoms with Gasteiger partial charge in [0.15, 0.2) is 0 Å². The van der Waals surface area contributed by atoms with Crippen LogP contribution in [0.5, 0.6) is 0 Å². The second kappa shape index (κ2) is 7.04. The van der Waals surface area contributed by atoms with Gasteiger partial charge in [0.25, 0.3) is 5.91 Å². The second-order valence-corrected chi connectivity index (χ2v) is 6.53. The van der Waals surface area contributed by atoms with Crippen LogP contribution in [-0.4, -0.2) is 46.8 Å². The summed E-state index contributed by atoms with van der Waals surface area (Å²) in [5.74, 6) is 0.0437. The maximum Gasteiger partial charge on any atom is 0.272 e. The number of carbonyl (C=O) groups is 1. The first-order chi connectivity index (χ1) is 12.7. The van der Waals surface area contributed by atoms with E-state index in [1.165, 1.54) is 5.69 Å². The molecule has 1 saturated heterocycles. The van der Waals surface area contributed by atoms with Gasteiger partial charge < -0.3 is 9.80 Å². The largest absolute Gasteiger partial charge is 0.368 e. The Labute approximate surface area is 153 Å². The number of benzene rings is 2. The lowest BCUT2D eigenvalue weighted by Crippen LogP contribution is -2.49. The van der Waals surface area contributed by atoms with Crippen molar-refractivity contribution in [1.82, 2.24) is 14.7 Å². The molecule has 4 rings (SSSR count). The molecule has 0 spiro atoms. The fourth-order valence-electron chi connectivity index (χ4n) is 3.39. The van der Waals surface area contributed by atoms with Gasteiger partial charge >= 0.3 is 0 Å². The topological polar surface area (TPSA) is 41.4 Å². The standard InChI is InChI=1S/C21H22N4O/c1-17-16-20(25(22-17)19-10-6-3-7-11-19)21(26)24-14-12-23(13-15-24)18-8-4-2-5-9-18/h2-11,16H,12-15H2,1H3. The molecule has 5 heteroatoms. The highest BCUT2D eigenvalue weighted by molar-refractivity contribution is 5.93. The Balaban J connectivity index is 1.51. The molecule has 1 aliphatic rings. The van der Waals surface area contributed by atoms with Crippen LogP contribution in [-0.2, 0) is 0 Å². The van der Waals surface area contributed by atoms with Crippen molar-refractivity contribution in [2.75, 3.05) is 31.1 Å². The number of amides is 1. The summed E-state index contributed by atoms with van der Waals surface area (Å²) in [6, 6.07) is 22.0. The van der Waals surface area contributed by atoms with Gasteiger partial charge in [-0.15, -0.1) is 0 Å². The van der Waals surface area contributed by atoms with Gasteiger partial charge in [-0.3, -0.25) is 4.79 Å². The van der Waals surface area contributed by atoms with Crippen molar-refractivity contribution in [2.24, 2.45) is 0 Å². The molecular weight excluding hydrogens is 324 g/mol. The number of para-hydroxylation sites is 2. The molecule has 0 N–H and O–H groups in total. The van der Waals surface area contributed by atoms with E-state index in [4.69, 9.17) is 0 Å². The SMILES string of the molecule is Cc1cc(C(=O)N2CCN(c3ccccc3)CC2)n(-c2ccccc2)n1. The van der Waals surface area contributed by atoms with Crippen molar-refractivity contribution in [2.45, 2.75) is 6.92 Å². The van der Waals surface area contributed by atoms with E-state index >= 15 is 0 Å². The monoisotopic (exact) mass is 346 g/mol. The van der Waals surface area contributed by atoms with Gasteiger partial charge in [0.1, 0.15) is 5.69 Å². The fourth-order valence-corrected chi connectivity index (χ4v) is 3.39. The van der Waals surface area contributed by atoms with Crippen LogP contribution < -0.4 is 4.90 Å². The van der Waals surface area contributed by atoms with Crippen LogP contribution in [0.15, 0.2) is 66.7 Å². The summed E-state index contributed by atoms with van der Waals surface area (Å²) in [5, 5.41) is 4.52. The third-order valence-electron chi connectivity index (χ3n) is 4.74. The molecule has 132 valence electrons. The van der Waals surface area contributed by atoms with Crippen molar-refractivity contribution in [3.8, 4) is 5.69 Å². The molecule has 1 aromatic heterocycles.